The van der Waals surface area contributed by atoms with E-state index in [0.29, 0.717) is 19.4 Å². The third kappa shape index (κ3) is 15.2. The van der Waals surface area contributed by atoms with Crippen LogP contribution >= 0.6 is 0 Å². The lowest BCUT2D eigenvalue weighted by Gasteiger charge is -2.28. The molecule has 250 valence electrons. The van der Waals surface area contributed by atoms with E-state index in [-0.39, 0.29) is 43.3 Å². The standard InChI is InChI=1S/C34H49N7O5/c1-23(2)20-28(32(44)40-29(24(3)4)21-38-30(42)18-17-25-12-7-5-8-13-25)39-31(43)27(16-11-19-37-33(35)36)41-34(45)46-22-26-14-9-6-10-15-26/h5-10,12-15,17-18,23-24,27-29H,11,16,19-22H2,1-4H3,(H,38,42)(H,39,43)(H,40,44)(H,41,45)(H4,35,36,37)/b18-17+. The molecule has 12 heteroatoms. The maximum atomic E-state index is 13.5. The van der Waals surface area contributed by atoms with Crippen molar-refractivity contribution in [3.05, 3.63) is 77.9 Å². The summed E-state index contributed by atoms with van der Waals surface area (Å²) in [7, 11) is 0. The van der Waals surface area contributed by atoms with Gasteiger partial charge >= 0.3 is 6.09 Å². The number of amides is 4. The Balaban J connectivity index is 2.06. The fourth-order valence-corrected chi connectivity index (χ4v) is 4.42. The van der Waals surface area contributed by atoms with E-state index in [1.807, 2.05) is 88.4 Å². The lowest BCUT2D eigenvalue weighted by molar-refractivity contribution is -0.131. The molecule has 4 amide bonds. The number of nitrogens with one attached hydrogen (secondary N) is 6. The first-order valence-electron chi connectivity index (χ1n) is 15.6. The van der Waals surface area contributed by atoms with E-state index in [4.69, 9.17) is 15.9 Å². The Morgan fingerprint density at radius 1 is 0.848 bits per heavy atom. The molecule has 0 aliphatic carbocycles. The SMILES string of the molecule is CC(C)CC(NC(=O)C(CCCNC(=N)N)NC(=O)OCc1ccccc1)C(=O)NC(CNC(=O)/C=C/c1ccccc1)C(C)C. The maximum Gasteiger partial charge on any atom is 0.408 e. The Morgan fingerprint density at radius 3 is 2.09 bits per heavy atom. The van der Waals surface area contributed by atoms with Crippen molar-refractivity contribution in [3.63, 3.8) is 0 Å². The quantitative estimate of drug-likeness (QED) is 0.0567. The largest absolute Gasteiger partial charge is 0.445 e. The topological polar surface area (TPSA) is 188 Å². The summed E-state index contributed by atoms with van der Waals surface area (Å²) in [4.78, 5) is 52.1. The molecule has 2 rings (SSSR count). The number of benzene rings is 2. The molecule has 0 spiro atoms. The van der Waals surface area contributed by atoms with E-state index >= 15 is 0 Å². The van der Waals surface area contributed by atoms with Gasteiger partial charge in [0.05, 0.1) is 0 Å². The molecule has 12 nitrogen and oxygen atoms in total. The number of hydrogen-bond acceptors (Lipinski definition) is 6. The highest BCUT2D eigenvalue weighted by Gasteiger charge is 2.29. The fraction of sp³-hybridized carbons (Fsp3) is 0.441. The molecular formula is C34H49N7O5. The average Bonchev–Trinajstić information content (AvgIpc) is 3.02. The third-order valence-electron chi connectivity index (χ3n) is 7.00. The van der Waals surface area contributed by atoms with Crippen molar-refractivity contribution in [2.75, 3.05) is 13.1 Å². The molecule has 0 aromatic heterocycles. The van der Waals surface area contributed by atoms with Crippen LogP contribution in [0.2, 0.25) is 0 Å². The van der Waals surface area contributed by atoms with E-state index < -0.39 is 36.0 Å². The first-order chi connectivity index (χ1) is 21.9. The third-order valence-corrected chi connectivity index (χ3v) is 7.00. The molecule has 0 fully saturated rings. The summed E-state index contributed by atoms with van der Waals surface area (Å²) < 4.78 is 5.32. The number of carbonyl (C=O) groups is 4. The molecular weight excluding hydrogens is 586 g/mol. The summed E-state index contributed by atoms with van der Waals surface area (Å²) in [5, 5.41) is 21.3. The highest BCUT2D eigenvalue weighted by molar-refractivity contribution is 5.92. The van der Waals surface area contributed by atoms with Crippen LogP contribution in [0.15, 0.2) is 66.7 Å². The van der Waals surface area contributed by atoms with Crippen LogP contribution in [0.5, 0.6) is 0 Å². The maximum absolute atomic E-state index is 13.5. The van der Waals surface area contributed by atoms with E-state index in [2.05, 4.69) is 26.6 Å². The number of guanidine groups is 1. The normalized spacial score (nSPS) is 13.0. The molecule has 0 aliphatic heterocycles. The fourth-order valence-electron chi connectivity index (χ4n) is 4.42. The summed E-state index contributed by atoms with van der Waals surface area (Å²) >= 11 is 0. The Bertz CT molecular complexity index is 1290. The zero-order valence-electron chi connectivity index (χ0n) is 27.2. The van der Waals surface area contributed by atoms with Gasteiger partial charge in [0.2, 0.25) is 17.7 Å². The highest BCUT2D eigenvalue weighted by Crippen LogP contribution is 2.10. The zero-order chi connectivity index (χ0) is 33.9. The zero-order valence-corrected chi connectivity index (χ0v) is 27.2. The van der Waals surface area contributed by atoms with E-state index in [9.17, 15) is 19.2 Å². The summed E-state index contributed by atoms with van der Waals surface area (Å²) in [6.45, 7) is 8.29. The van der Waals surface area contributed by atoms with Crippen molar-refractivity contribution in [2.24, 2.45) is 17.6 Å². The second kappa shape index (κ2) is 20.2. The van der Waals surface area contributed by atoms with Gasteiger partial charge in [0.1, 0.15) is 18.7 Å². The number of nitrogens with two attached hydrogens (primary N) is 1. The number of carbonyl (C=O) groups excluding carboxylic acids is 4. The second-order valence-corrected chi connectivity index (χ2v) is 11.8. The summed E-state index contributed by atoms with van der Waals surface area (Å²) in [6.07, 6.45) is 3.35. The van der Waals surface area contributed by atoms with Crippen molar-refractivity contribution in [1.82, 2.24) is 26.6 Å². The van der Waals surface area contributed by atoms with Crippen LogP contribution in [0.1, 0.15) is 58.1 Å². The minimum absolute atomic E-state index is 0.0136. The van der Waals surface area contributed by atoms with Crippen molar-refractivity contribution >= 4 is 35.9 Å². The molecule has 3 atom stereocenters. The van der Waals surface area contributed by atoms with Gasteiger partial charge in [-0.15, -0.1) is 0 Å². The van der Waals surface area contributed by atoms with Crippen LogP contribution in [0.25, 0.3) is 6.08 Å². The molecule has 2 aromatic rings. The predicted molar refractivity (Wildman–Crippen MR) is 179 cm³/mol. The number of rotatable bonds is 18. The van der Waals surface area contributed by atoms with Crippen LogP contribution in [0, 0.1) is 17.2 Å². The van der Waals surface area contributed by atoms with Gasteiger partial charge in [0.15, 0.2) is 5.96 Å². The van der Waals surface area contributed by atoms with Gasteiger partial charge in [0, 0.05) is 25.2 Å². The summed E-state index contributed by atoms with van der Waals surface area (Å²) in [6, 6.07) is 16.3. The first-order valence-corrected chi connectivity index (χ1v) is 15.6. The van der Waals surface area contributed by atoms with Crippen molar-refractivity contribution < 1.29 is 23.9 Å². The Hall–Kier alpha value is -4.87. The molecule has 0 heterocycles. The number of alkyl carbamates (subject to hydrolysis) is 1. The minimum atomic E-state index is -1.00. The minimum Gasteiger partial charge on any atom is -0.445 e. The molecule has 0 saturated heterocycles. The van der Waals surface area contributed by atoms with Gasteiger partial charge in [-0.05, 0) is 48.3 Å². The lowest BCUT2D eigenvalue weighted by Crippen LogP contribution is -2.57. The molecule has 0 aliphatic rings. The monoisotopic (exact) mass is 635 g/mol. The average molecular weight is 636 g/mol. The van der Waals surface area contributed by atoms with E-state index in [0.717, 1.165) is 11.1 Å². The first kappa shape index (κ1) is 37.3. The van der Waals surface area contributed by atoms with Gasteiger partial charge < -0.3 is 37.1 Å². The van der Waals surface area contributed by atoms with Crippen molar-refractivity contribution in [3.8, 4) is 0 Å². The van der Waals surface area contributed by atoms with Crippen LogP contribution in [0.4, 0.5) is 4.79 Å². The molecule has 0 bridgehead atoms. The molecule has 3 unspecified atom stereocenters. The predicted octanol–water partition coefficient (Wildman–Crippen LogP) is 3.05. The Morgan fingerprint density at radius 2 is 1.48 bits per heavy atom. The number of ether oxygens (including phenoxy) is 1. The second-order valence-electron chi connectivity index (χ2n) is 11.8. The smallest absolute Gasteiger partial charge is 0.408 e. The molecule has 8 N–H and O–H groups in total. The van der Waals surface area contributed by atoms with E-state index in [1.165, 1.54) is 6.08 Å². The lowest BCUT2D eigenvalue weighted by atomic mass is 9.99. The van der Waals surface area contributed by atoms with Crippen molar-refractivity contribution in [2.45, 2.75) is 71.7 Å². The Kier molecular flexibility index (Phi) is 16.4. The summed E-state index contributed by atoms with van der Waals surface area (Å²) in [5.74, 6) is -1.37. The van der Waals surface area contributed by atoms with Crippen molar-refractivity contribution in [1.29, 1.82) is 5.41 Å². The van der Waals surface area contributed by atoms with Gasteiger partial charge in [0.25, 0.3) is 0 Å². The van der Waals surface area contributed by atoms with Gasteiger partial charge in [-0.25, -0.2) is 4.79 Å². The molecule has 0 saturated carbocycles. The van der Waals surface area contributed by atoms with Crippen LogP contribution in [0.3, 0.4) is 0 Å². The molecule has 2 aromatic carbocycles. The van der Waals surface area contributed by atoms with Gasteiger partial charge in [-0.2, -0.15) is 0 Å². The van der Waals surface area contributed by atoms with Gasteiger partial charge in [-0.1, -0.05) is 88.4 Å². The molecule has 0 radical (unpaired) electrons. The van der Waals surface area contributed by atoms with Crippen LogP contribution < -0.4 is 32.3 Å². The van der Waals surface area contributed by atoms with Crippen LogP contribution in [-0.2, 0) is 25.7 Å². The number of hydrogen-bond donors (Lipinski definition) is 7. The highest BCUT2D eigenvalue weighted by atomic mass is 16.5. The van der Waals surface area contributed by atoms with Gasteiger partial charge in [-0.3, -0.25) is 19.8 Å². The summed E-state index contributed by atoms with van der Waals surface area (Å²) in [5.41, 5.74) is 7.05. The van der Waals surface area contributed by atoms with E-state index in [1.54, 1.807) is 6.08 Å². The van der Waals surface area contributed by atoms with Crippen LogP contribution in [-0.4, -0.2) is 61.0 Å². The molecule has 46 heavy (non-hydrogen) atoms. The Labute approximate surface area is 271 Å².